The molecule has 206 valence electrons. The fourth-order valence-electron chi connectivity index (χ4n) is 6.45. The number of benzene rings is 2. The molecule has 2 aliphatic carbocycles. The third-order valence-electron chi connectivity index (χ3n) is 9.19. The monoisotopic (exact) mass is 550 g/mol. The molecule has 0 spiro atoms. The van der Waals surface area contributed by atoms with Crippen LogP contribution in [0.25, 0.3) is 27.8 Å². The molecule has 0 aliphatic heterocycles. The largest absolute Gasteiger partial charge is 0.347 e. The summed E-state index contributed by atoms with van der Waals surface area (Å²) in [4.78, 5) is 31.9. The molecule has 0 bridgehead atoms. The Kier molecular flexibility index (Phi) is 5.51. The van der Waals surface area contributed by atoms with Crippen molar-refractivity contribution in [3.05, 3.63) is 126 Å². The van der Waals surface area contributed by atoms with Gasteiger partial charge in [-0.25, -0.2) is 9.97 Å². The van der Waals surface area contributed by atoms with Crippen molar-refractivity contribution in [2.75, 3.05) is 0 Å². The van der Waals surface area contributed by atoms with Gasteiger partial charge < -0.3 is 5.32 Å². The standard InChI is InChI=1S/C35H30N6O/c1-23(29-9-2-3-18-36-29)40-32(42)34(14-15-34)27-12-10-24(11-13-27)26-20-38-33-39-21-30(41(33)22-26)35(16-17-35)28-8-4-6-25-7-5-19-37-31(25)28/h2-13,18-23H,14-17H2,1H3,(H,40,42). The first-order valence-corrected chi connectivity index (χ1v) is 14.6. The molecule has 0 saturated heterocycles. The SMILES string of the molecule is CC(NC(=O)C1(c2ccc(-c3cnc4ncc(C5(c6cccc7cccnc67)CC5)n4c3)cc2)CC1)c1ccccn1. The highest BCUT2D eigenvalue weighted by molar-refractivity contribution is 5.91. The number of amides is 1. The van der Waals surface area contributed by atoms with Gasteiger partial charge in [-0.2, -0.15) is 0 Å². The zero-order chi connectivity index (χ0) is 28.3. The summed E-state index contributed by atoms with van der Waals surface area (Å²) < 4.78 is 2.15. The van der Waals surface area contributed by atoms with E-state index >= 15 is 0 Å². The van der Waals surface area contributed by atoms with Gasteiger partial charge in [-0.1, -0.05) is 54.6 Å². The summed E-state index contributed by atoms with van der Waals surface area (Å²) in [5.74, 6) is 0.762. The van der Waals surface area contributed by atoms with E-state index in [0.717, 1.165) is 64.7 Å². The third kappa shape index (κ3) is 3.91. The van der Waals surface area contributed by atoms with Crippen molar-refractivity contribution >= 4 is 22.6 Å². The van der Waals surface area contributed by atoms with Crippen molar-refractivity contribution in [2.45, 2.75) is 49.5 Å². The summed E-state index contributed by atoms with van der Waals surface area (Å²) in [7, 11) is 0. The number of hydrogen-bond acceptors (Lipinski definition) is 5. The first kappa shape index (κ1) is 24.9. The molecular formula is C35H30N6O. The number of para-hydroxylation sites is 1. The molecule has 7 nitrogen and oxygen atoms in total. The molecule has 1 N–H and O–H groups in total. The van der Waals surface area contributed by atoms with Crippen LogP contribution in [0.4, 0.5) is 0 Å². The Morgan fingerprint density at radius 2 is 1.60 bits per heavy atom. The van der Waals surface area contributed by atoms with Crippen LogP contribution in [-0.2, 0) is 15.6 Å². The van der Waals surface area contributed by atoms with E-state index in [4.69, 9.17) is 9.97 Å². The Morgan fingerprint density at radius 1 is 0.810 bits per heavy atom. The summed E-state index contributed by atoms with van der Waals surface area (Å²) in [6.45, 7) is 1.98. The highest BCUT2D eigenvalue weighted by Gasteiger charge is 2.51. The van der Waals surface area contributed by atoms with Crippen LogP contribution in [0.5, 0.6) is 0 Å². The summed E-state index contributed by atoms with van der Waals surface area (Å²) in [6, 6.07) is 24.6. The minimum atomic E-state index is -0.466. The van der Waals surface area contributed by atoms with E-state index in [1.807, 2.05) is 49.8 Å². The van der Waals surface area contributed by atoms with Crippen LogP contribution in [0.15, 0.2) is 104 Å². The fourth-order valence-corrected chi connectivity index (χ4v) is 6.45. The Labute approximate surface area is 243 Å². The van der Waals surface area contributed by atoms with Gasteiger partial charge in [0.2, 0.25) is 11.7 Å². The maximum Gasteiger partial charge on any atom is 0.233 e. The quantitative estimate of drug-likeness (QED) is 0.251. The lowest BCUT2D eigenvalue weighted by atomic mass is 9.90. The molecule has 7 heteroatoms. The number of nitrogens with one attached hydrogen (secondary N) is 1. The second-order valence-electron chi connectivity index (χ2n) is 11.7. The summed E-state index contributed by atoms with van der Waals surface area (Å²) in [5.41, 5.74) is 6.86. The molecule has 4 heterocycles. The number of fused-ring (bicyclic) bond motifs is 2. The van der Waals surface area contributed by atoms with Crippen molar-refractivity contribution in [2.24, 2.45) is 0 Å². The lowest BCUT2D eigenvalue weighted by Gasteiger charge is -2.20. The second-order valence-corrected chi connectivity index (χ2v) is 11.7. The maximum absolute atomic E-state index is 13.4. The predicted octanol–water partition coefficient (Wildman–Crippen LogP) is 6.33. The molecule has 0 radical (unpaired) electrons. The zero-order valence-electron chi connectivity index (χ0n) is 23.4. The van der Waals surface area contributed by atoms with Gasteiger partial charge in [0.05, 0.1) is 34.6 Å². The van der Waals surface area contributed by atoms with Crippen LogP contribution >= 0.6 is 0 Å². The molecule has 4 aromatic heterocycles. The molecule has 1 amide bonds. The van der Waals surface area contributed by atoms with E-state index in [0.29, 0.717) is 5.78 Å². The molecule has 2 aliphatic rings. The Balaban J connectivity index is 1.09. The number of rotatable bonds is 7. The normalized spacial score (nSPS) is 17.2. The highest BCUT2D eigenvalue weighted by Crippen LogP contribution is 2.55. The predicted molar refractivity (Wildman–Crippen MR) is 162 cm³/mol. The van der Waals surface area contributed by atoms with Gasteiger partial charge in [-0.15, -0.1) is 0 Å². The van der Waals surface area contributed by atoms with E-state index in [2.05, 4.69) is 74.4 Å². The van der Waals surface area contributed by atoms with Crippen molar-refractivity contribution in [3.8, 4) is 11.1 Å². The molecule has 2 aromatic carbocycles. The minimum absolute atomic E-state index is 0.0669. The van der Waals surface area contributed by atoms with Crippen LogP contribution in [0, 0.1) is 0 Å². The molecule has 1 atom stereocenters. The average molecular weight is 551 g/mol. The lowest BCUT2D eigenvalue weighted by molar-refractivity contribution is -0.124. The number of aromatic nitrogens is 5. The van der Waals surface area contributed by atoms with Crippen molar-refractivity contribution < 1.29 is 4.79 Å². The topological polar surface area (TPSA) is 85.1 Å². The number of pyridine rings is 2. The fraction of sp³-hybridized carbons (Fsp3) is 0.229. The zero-order valence-corrected chi connectivity index (χ0v) is 23.4. The van der Waals surface area contributed by atoms with Crippen LogP contribution < -0.4 is 5.32 Å². The second kappa shape index (κ2) is 9.31. The first-order valence-electron chi connectivity index (χ1n) is 14.6. The maximum atomic E-state index is 13.4. The van der Waals surface area contributed by atoms with Gasteiger partial charge in [-0.3, -0.25) is 19.2 Å². The molecule has 42 heavy (non-hydrogen) atoms. The van der Waals surface area contributed by atoms with Crippen molar-refractivity contribution in [3.63, 3.8) is 0 Å². The van der Waals surface area contributed by atoms with Gasteiger partial charge in [0.1, 0.15) is 0 Å². The van der Waals surface area contributed by atoms with Crippen LogP contribution in [0.2, 0.25) is 0 Å². The van der Waals surface area contributed by atoms with E-state index in [1.54, 1.807) is 6.20 Å². The summed E-state index contributed by atoms with van der Waals surface area (Å²) >= 11 is 0. The third-order valence-corrected chi connectivity index (χ3v) is 9.19. The minimum Gasteiger partial charge on any atom is -0.347 e. The molecule has 8 rings (SSSR count). The van der Waals surface area contributed by atoms with Gasteiger partial charge in [0, 0.05) is 41.2 Å². The van der Waals surface area contributed by atoms with E-state index in [9.17, 15) is 4.79 Å². The molecule has 2 fully saturated rings. The Bertz CT molecular complexity index is 1950. The van der Waals surface area contributed by atoms with Crippen molar-refractivity contribution in [1.82, 2.24) is 29.7 Å². The summed E-state index contributed by atoms with van der Waals surface area (Å²) in [6.07, 6.45) is 13.4. The van der Waals surface area contributed by atoms with Crippen LogP contribution in [0.1, 0.15) is 61.2 Å². The number of imidazole rings is 1. The number of carbonyl (C=O) groups excluding carboxylic acids is 1. The van der Waals surface area contributed by atoms with E-state index in [1.165, 1.54) is 5.56 Å². The van der Waals surface area contributed by atoms with E-state index in [-0.39, 0.29) is 17.4 Å². The van der Waals surface area contributed by atoms with Crippen LogP contribution in [0.3, 0.4) is 0 Å². The lowest BCUT2D eigenvalue weighted by Crippen LogP contribution is -2.36. The van der Waals surface area contributed by atoms with Crippen LogP contribution in [-0.4, -0.2) is 30.2 Å². The van der Waals surface area contributed by atoms with Gasteiger partial charge in [0.25, 0.3) is 0 Å². The number of carbonyl (C=O) groups is 1. The summed E-state index contributed by atoms with van der Waals surface area (Å²) in [5, 5.41) is 4.34. The van der Waals surface area contributed by atoms with Crippen molar-refractivity contribution in [1.29, 1.82) is 0 Å². The molecule has 2 saturated carbocycles. The van der Waals surface area contributed by atoms with Gasteiger partial charge in [0.15, 0.2) is 0 Å². The number of hydrogen-bond donors (Lipinski definition) is 1. The molecule has 6 aromatic rings. The molecule has 1 unspecified atom stereocenters. The Morgan fingerprint density at radius 3 is 2.36 bits per heavy atom. The molecular weight excluding hydrogens is 520 g/mol. The Hall–Kier alpha value is -4.91. The van der Waals surface area contributed by atoms with Gasteiger partial charge >= 0.3 is 0 Å². The highest BCUT2D eigenvalue weighted by atomic mass is 16.2. The number of nitrogens with zero attached hydrogens (tertiary/aromatic N) is 5. The first-order chi connectivity index (χ1) is 20.6. The van der Waals surface area contributed by atoms with E-state index < -0.39 is 5.41 Å². The van der Waals surface area contributed by atoms with Gasteiger partial charge in [-0.05, 0) is 67.5 Å². The smallest absolute Gasteiger partial charge is 0.233 e. The average Bonchev–Trinajstić information content (AvgIpc) is 3.98.